The summed E-state index contributed by atoms with van der Waals surface area (Å²) >= 11 is 3.45. The summed E-state index contributed by atoms with van der Waals surface area (Å²) in [7, 11) is 5.12. The largest absolute Gasteiger partial charge is 0.507 e. The van der Waals surface area contributed by atoms with Crippen molar-refractivity contribution >= 4 is 50.7 Å². The minimum absolute atomic E-state index is 0.00336. The molecular formula is C28H25BrN2O5. The van der Waals surface area contributed by atoms with Gasteiger partial charge in [-0.3, -0.25) is 14.5 Å². The van der Waals surface area contributed by atoms with Crippen molar-refractivity contribution in [2.24, 2.45) is 0 Å². The van der Waals surface area contributed by atoms with Gasteiger partial charge in [0.05, 0.1) is 24.3 Å². The van der Waals surface area contributed by atoms with Gasteiger partial charge in [-0.05, 0) is 66.6 Å². The first kappa shape index (κ1) is 25.2. The first-order valence-corrected chi connectivity index (χ1v) is 12.0. The van der Waals surface area contributed by atoms with E-state index in [1.807, 2.05) is 50.2 Å². The van der Waals surface area contributed by atoms with Gasteiger partial charge in [0, 0.05) is 35.5 Å². The van der Waals surface area contributed by atoms with Crippen LogP contribution in [0.4, 0.5) is 11.4 Å². The maximum absolute atomic E-state index is 13.3. The number of rotatable bonds is 5. The van der Waals surface area contributed by atoms with E-state index in [9.17, 15) is 19.5 Å². The van der Waals surface area contributed by atoms with Gasteiger partial charge in [0.25, 0.3) is 11.7 Å². The van der Waals surface area contributed by atoms with Crippen molar-refractivity contribution < 1.29 is 24.2 Å². The molecule has 0 saturated carbocycles. The molecular weight excluding hydrogens is 524 g/mol. The Hall–Kier alpha value is -3.91. The van der Waals surface area contributed by atoms with Crippen LogP contribution in [0.5, 0.6) is 0 Å². The molecule has 0 aromatic heterocycles. The number of nitrogens with zero attached hydrogens (tertiary/aromatic N) is 2. The highest BCUT2D eigenvalue weighted by atomic mass is 79.9. The molecule has 3 aromatic carbocycles. The number of anilines is 2. The molecule has 1 amide bonds. The van der Waals surface area contributed by atoms with E-state index in [1.165, 1.54) is 24.1 Å². The van der Waals surface area contributed by atoms with Crippen LogP contribution in [0.3, 0.4) is 0 Å². The number of halogens is 1. The first-order valence-electron chi connectivity index (χ1n) is 11.2. The molecule has 1 unspecified atom stereocenters. The number of ether oxygens (including phenoxy) is 1. The lowest BCUT2D eigenvalue weighted by Crippen LogP contribution is -2.29. The van der Waals surface area contributed by atoms with E-state index in [0.717, 1.165) is 15.7 Å². The number of benzene rings is 3. The molecule has 36 heavy (non-hydrogen) atoms. The second-order valence-electron chi connectivity index (χ2n) is 8.66. The third-order valence-electron chi connectivity index (χ3n) is 6.17. The Morgan fingerprint density at radius 2 is 1.58 bits per heavy atom. The molecule has 0 radical (unpaired) electrons. The van der Waals surface area contributed by atoms with Gasteiger partial charge in [0.1, 0.15) is 5.76 Å². The molecule has 3 aromatic rings. The van der Waals surface area contributed by atoms with Gasteiger partial charge in [-0.25, -0.2) is 4.79 Å². The summed E-state index contributed by atoms with van der Waals surface area (Å²) in [5, 5.41) is 11.3. The Labute approximate surface area is 217 Å². The molecule has 1 saturated heterocycles. The Morgan fingerprint density at radius 1 is 0.972 bits per heavy atom. The standard InChI is InChI=1S/C28H25BrN2O5/c1-16-15-19(9-14-22(16)29)25(32)23-24(17-5-10-20(11-6-17)30(2)3)31(27(34)26(23)33)21-12-7-18(8-13-21)28(35)36-4/h5-15,24,32H,1-4H3/b25-23-. The van der Waals surface area contributed by atoms with Crippen molar-refractivity contribution in [1.82, 2.24) is 0 Å². The molecule has 4 rings (SSSR count). The van der Waals surface area contributed by atoms with Crippen LogP contribution in [0.15, 0.2) is 76.8 Å². The van der Waals surface area contributed by atoms with Gasteiger partial charge in [0.15, 0.2) is 0 Å². The fraction of sp³-hybridized carbons (Fsp3) is 0.179. The van der Waals surface area contributed by atoms with E-state index in [-0.39, 0.29) is 11.3 Å². The van der Waals surface area contributed by atoms with Crippen LogP contribution in [0.2, 0.25) is 0 Å². The molecule has 1 aliphatic heterocycles. The van der Waals surface area contributed by atoms with Crippen molar-refractivity contribution in [3.63, 3.8) is 0 Å². The first-order chi connectivity index (χ1) is 17.1. The number of Topliss-reactive ketones (excluding diaryl/α,β-unsaturated/α-hetero) is 1. The molecule has 184 valence electrons. The van der Waals surface area contributed by atoms with Crippen LogP contribution in [0, 0.1) is 6.92 Å². The normalized spacial score (nSPS) is 16.8. The van der Waals surface area contributed by atoms with Gasteiger partial charge in [-0.1, -0.05) is 34.1 Å². The van der Waals surface area contributed by atoms with Crippen LogP contribution in [0.1, 0.15) is 33.1 Å². The van der Waals surface area contributed by atoms with Gasteiger partial charge in [0.2, 0.25) is 0 Å². The van der Waals surface area contributed by atoms with Crippen LogP contribution in [-0.4, -0.2) is 44.0 Å². The van der Waals surface area contributed by atoms with Gasteiger partial charge < -0.3 is 14.7 Å². The zero-order valence-electron chi connectivity index (χ0n) is 20.3. The molecule has 0 spiro atoms. The Balaban J connectivity index is 1.90. The van der Waals surface area contributed by atoms with Crippen molar-refractivity contribution in [2.45, 2.75) is 13.0 Å². The highest BCUT2D eigenvalue weighted by Gasteiger charge is 2.47. The SMILES string of the molecule is COC(=O)c1ccc(N2C(=O)C(=O)/C(=C(\O)c3ccc(Br)c(C)c3)C2c2ccc(N(C)C)cc2)cc1. The number of aliphatic hydroxyl groups excluding tert-OH is 1. The monoisotopic (exact) mass is 548 g/mol. The van der Waals surface area contributed by atoms with E-state index < -0.39 is 23.7 Å². The van der Waals surface area contributed by atoms with E-state index in [0.29, 0.717) is 22.4 Å². The van der Waals surface area contributed by atoms with Crippen molar-refractivity contribution in [3.05, 3.63) is 99.0 Å². The van der Waals surface area contributed by atoms with Gasteiger partial charge in [-0.2, -0.15) is 0 Å². The average molecular weight is 549 g/mol. The number of amides is 1. The number of hydrogen-bond donors (Lipinski definition) is 1. The van der Waals surface area contributed by atoms with E-state index in [2.05, 4.69) is 15.9 Å². The maximum atomic E-state index is 13.3. The highest BCUT2D eigenvalue weighted by molar-refractivity contribution is 9.10. The van der Waals surface area contributed by atoms with Crippen LogP contribution in [0.25, 0.3) is 5.76 Å². The number of aliphatic hydroxyl groups is 1. The number of carbonyl (C=O) groups excluding carboxylic acids is 3. The van der Waals surface area contributed by atoms with E-state index in [4.69, 9.17) is 4.74 Å². The van der Waals surface area contributed by atoms with Gasteiger partial charge >= 0.3 is 5.97 Å². The van der Waals surface area contributed by atoms with Crippen LogP contribution in [-0.2, 0) is 14.3 Å². The lowest BCUT2D eigenvalue weighted by molar-refractivity contribution is -0.132. The van der Waals surface area contributed by atoms with Crippen LogP contribution >= 0.6 is 15.9 Å². The minimum atomic E-state index is -0.867. The van der Waals surface area contributed by atoms with Crippen molar-refractivity contribution in [3.8, 4) is 0 Å². The van der Waals surface area contributed by atoms with E-state index >= 15 is 0 Å². The zero-order chi connectivity index (χ0) is 26.1. The number of aryl methyl sites for hydroxylation is 1. The minimum Gasteiger partial charge on any atom is -0.507 e. The number of esters is 1. The maximum Gasteiger partial charge on any atom is 0.337 e. The summed E-state index contributed by atoms with van der Waals surface area (Å²) in [5.74, 6) is -2.31. The lowest BCUT2D eigenvalue weighted by atomic mass is 9.94. The number of ketones is 1. The molecule has 8 heteroatoms. The Bertz CT molecular complexity index is 1380. The fourth-order valence-electron chi connectivity index (χ4n) is 4.19. The molecule has 0 bridgehead atoms. The topological polar surface area (TPSA) is 87.1 Å². The average Bonchev–Trinajstić information content (AvgIpc) is 3.15. The number of carbonyl (C=O) groups is 3. The summed E-state index contributed by atoms with van der Waals surface area (Å²) in [6.45, 7) is 1.87. The molecule has 1 atom stereocenters. The summed E-state index contributed by atoms with van der Waals surface area (Å²) in [6, 6.07) is 18.0. The third kappa shape index (κ3) is 4.52. The third-order valence-corrected chi connectivity index (χ3v) is 7.06. The molecule has 1 aliphatic rings. The predicted octanol–water partition coefficient (Wildman–Crippen LogP) is 5.24. The van der Waals surface area contributed by atoms with Crippen molar-refractivity contribution in [1.29, 1.82) is 0 Å². The second kappa shape index (κ2) is 9.99. The predicted molar refractivity (Wildman–Crippen MR) is 142 cm³/mol. The summed E-state index contributed by atoms with van der Waals surface area (Å²) in [5.41, 5.74) is 3.64. The molecule has 1 fully saturated rings. The molecule has 0 aliphatic carbocycles. The fourth-order valence-corrected chi connectivity index (χ4v) is 4.44. The molecule has 7 nitrogen and oxygen atoms in total. The number of hydrogen-bond acceptors (Lipinski definition) is 6. The molecule has 1 N–H and O–H groups in total. The second-order valence-corrected chi connectivity index (χ2v) is 9.51. The Morgan fingerprint density at radius 3 is 2.14 bits per heavy atom. The smallest absolute Gasteiger partial charge is 0.337 e. The van der Waals surface area contributed by atoms with Crippen LogP contribution < -0.4 is 9.80 Å². The Kier molecular flexibility index (Phi) is 6.99. The van der Waals surface area contributed by atoms with Gasteiger partial charge in [-0.15, -0.1) is 0 Å². The lowest BCUT2D eigenvalue weighted by Gasteiger charge is -2.26. The zero-order valence-corrected chi connectivity index (χ0v) is 21.9. The van der Waals surface area contributed by atoms with E-state index in [1.54, 1.807) is 30.3 Å². The summed E-state index contributed by atoms with van der Waals surface area (Å²) < 4.78 is 5.62. The summed E-state index contributed by atoms with van der Waals surface area (Å²) in [4.78, 5) is 41.8. The summed E-state index contributed by atoms with van der Waals surface area (Å²) in [6.07, 6.45) is 0. The molecule has 1 heterocycles. The quantitative estimate of drug-likeness (QED) is 0.203. The number of methoxy groups -OCH3 is 1. The van der Waals surface area contributed by atoms with Crippen molar-refractivity contribution in [2.75, 3.05) is 31.0 Å². The highest BCUT2D eigenvalue weighted by Crippen LogP contribution is 2.42.